The zero-order valence-corrected chi connectivity index (χ0v) is 18.8. The minimum absolute atomic E-state index is 0.131. The molecule has 0 aromatic heterocycles. The summed E-state index contributed by atoms with van der Waals surface area (Å²) < 4.78 is 22.1. The smallest absolute Gasteiger partial charge is 0.307 e. The van der Waals surface area contributed by atoms with Crippen molar-refractivity contribution in [3.63, 3.8) is 0 Å². The first-order chi connectivity index (χ1) is 15.5. The van der Waals surface area contributed by atoms with Gasteiger partial charge < -0.3 is 24.3 Å². The molecule has 1 amide bonds. The number of para-hydroxylation sites is 1. The van der Waals surface area contributed by atoms with Gasteiger partial charge in [-0.05, 0) is 56.7 Å². The molecule has 0 aliphatic heterocycles. The summed E-state index contributed by atoms with van der Waals surface area (Å²) in [5.74, 6) is 1.35. The van der Waals surface area contributed by atoms with Gasteiger partial charge in [-0.2, -0.15) is 0 Å². The van der Waals surface area contributed by atoms with Crippen LogP contribution in [0, 0.1) is 0 Å². The molecule has 2 rings (SSSR count). The lowest BCUT2D eigenvalue weighted by Crippen LogP contribution is -2.25. The lowest BCUT2D eigenvalue weighted by Gasteiger charge is -2.13. The number of carbonyl (C=O) groups excluding carboxylic acids is 2. The van der Waals surface area contributed by atoms with E-state index in [1.165, 1.54) is 6.08 Å². The number of carbonyl (C=O) groups is 2. The standard InChI is InChI=1S/C25H31NO6/c1-4-29-23-18-20(11-13-24(27)26-15-14-25(28)32-19(2)3)10-12-22(23)31-17-16-30-21-8-6-5-7-9-21/h5-13,18-19H,4,14-17H2,1-3H3,(H,26,27)/b13-11+. The van der Waals surface area contributed by atoms with E-state index in [1.54, 1.807) is 32.1 Å². The highest BCUT2D eigenvalue weighted by Gasteiger charge is 2.08. The molecule has 0 aliphatic carbocycles. The average Bonchev–Trinajstić information content (AvgIpc) is 2.76. The topological polar surface area (TPSA) is 83.1 Å². The third kappa shape index (κ3) is 9.55. The van der Waals surface area contributed by atoms with Crippen molar-refractivity contribution in [2.24, 2.45) is 0 Å². The Morgan fingerprint density at radius 2 is 1.72 bits per heavy atom. The van der Waals surface area contributed by atoms with Crippen molar-refractivity contribution in [2.45, 2.75) is 33.3 Å². The Hall–Kier alpha value is -3.48. The van der Waals surface area contributed by atoms with E-state index in [0.29, 0.717) is 31.3 Å². The molecule has 0 aliphatic rings. The van der Waals surface area contributed by atoms with E-state index in [1.807, 2.05) is 43.3 Å². The van der Waals surface area contributed by atoms with E-state index in [0.717, 1.165) is 11.3 Å². The van der Waals surface area contributed by atoms with E-state index < -0.39 is 0 Å². The van der Waals surface area contributed by atoms with Crippen molar-refractivity contribution in [3.8, 4) is 17.2 Å². The average molecular weight is 442 g/mol. The Bertz CT molecular complexity index is 879. The summed E-state index contributed by atoms with van der Waals surface area (Å²) >= 11 is 0. The van der Waals surface area contributed by atoms with Crippen LogP contribution in [0.15, 0.2) is 54.6 Å². The molecule has 32 heavy (non-hydrogen) atoms. The normalized spacial score (nSPS) is 10.8. The predicted molar refractivity (Wildman–Crippen MR) is 123 cm³/mol. The maximum absolute atomic E-state index is 12.0. The lowest BCUT2D eigenvalue weighted by atomic mass is 10.2. The highest BCUT2D eigenvalue weighted by molar-refractivity contribution is 5.92. The Morgan fingerprint density at radius 3 is 2.44 bits per heavy atom. The summed E-state index contributed by atoms with van der Waals surface area (Å²) in [7, 11) is 0. The van der Waals surface area contributed by atoms with E-state index in [2.05, 4.69) is 5.32 Å². The van der Waals surface area contributed by atoms with Gasteiger partial charge in [0.05, 0.1) is 19.1 Å². The van der Waals surface area contributed by atoms with Crippen molar-refractivity contribution in [2.75, 3.05) is 26.4 Å². The van der Waals surface area contributed by atoms with Gasteiger partial charge in [0.1, 0.15) is 19.0 Å². The van der Waals surface area contributed by atoms with Crippen molar-refractivity contribution in [1.29, 1.82) is 0 Å². The van der Waals surface area contributed by atoms with Crippen LogP contribution in [0.4, 0.5) is 0 Å². The molecule has 0 fully saturated rings. The third-order valence-electron chi connectivity index (χ3n) is 4.04. The van der Waals surface area contributed by atoms with Crippen LogP contribution in [-0.2, 0) is 14.3 Å². The molecule has 2 aromatic carbocycles. The van der Waals surface area contributed by atoms with Crippen LogP contribution in [0.25, 0.3) is 6.08 Å². The predicted octanol–water partition coefficient (Wildman–Crippen LogP) is 4.01. The largest absolute Gasteiger partial charge is 0.490 e. The highest BCUT2D eigenvalue weighted by Crippen LogP contribution is 2.29. The summed E-state index contributed by atoms with van der Waals surface area (Å²) in [4.78, 5) is 23.5. The SMILES string of the molecule is CCOc1cc(/C=C/C(=O)NCCC(=O)OC(C)C)ccc1OCCOc1ccccc1. The molecule has 0 saturated carbocycles. The third-order valence-corrected chi connectivity index (χ3v) is 4.04. The molecule has 7 heteroatoms. The van der Waals surface area contributed by atoms with E-state index in [4.69, 9.17) is 18.9 Å². The molecule has 0 saturated heterocycles. The quantitative estimate of drug-likeness (QED) is 0.287. The first-order valence-electron chi connectivity index (χ1n) is 10.7. The van der Waals surface area contributed by atoms with E-state index >= 15 is 0 Å². The number of amides is 1. The van der Waals surface area contributed by atoms with Crippen LogP contribution in [0.1, 0.15) is 32.8 Å². The van der Waals surface area contributed by atoms with Gasteiger partial charge in [0.2, 0.25) is 5.91 Å². The zero-order chi connectivity index (χ0) is 23.2. The molecule has 0 spiro atoms. The maximum atomic E-state index is 12.0. The van der Waals surface area contributed by atoms with Crippen molar-refractivity contribution in [3.05, 3.63) is 60.2 Å². The molecule has 7 nitrogen and oxygen atoms in total. The fraction of sp³-hybridized carbons (Fsp3) is 0.360. The van der Waals surface area contributed by atoms with Crippen molar-refractivity contribution in [1.82, 2.24) is 5.32 Å². The van der Waals surface area contributed by atoms with Gasteiger partial charge in [0.15, 0.2) is 11.5 Å². The second-order valence-electron chi connectivity index (χ2n) is 7.06. The van der Waals surface area contributed by atoms with Gasteiger partial charge in [-0.3, -0.25) is 9.59 Å². The van der Waals surface area contributed by atoms with Crippen LogP contribution >= 0.6 is 0 Å². The molecular weight excluding hydrogens is 410 g/mol. The van der Waals surface area contributed by atoms with Crippen LogP contribution in [0.2, 0.25) is 0 Å². The van der Waals surface area contributed by atoms with Gasteiger partial charge in [0.25, 0.3) is 0 Å². The van der Waals surface area contributed by atoms with Crippen molar-refractivity contribution >= 4 is 18.0 Å². The van der Waals surface area contributed by atoms with Gasteiger partial charge in [-0.1, -0.05) is 24.3 Å². The Labute approximate surface area is 189 Å². The van der Waals surface area contributed by atoms with E-state index in [-0.39, 0.29) is 30.9 Å². The van der Waals surface area contributed by atoms with Gasteiger partial charge >= 0.3 is 5.97 Å². The number of nitrogens with one attached hydrogen (secondary N) is 1. The Balaban J connectivity index is 1.83. The minimum atomic E-state index is -0.338. The molecular formula is C25H31NO6. The monoisotopic (exact) mass is 441 g/mol. The summed E-state index contributed by atoms with van der Waals surface area (Å²) in [6.45, 7) is 6.93. The maximum Gasteiger partial charge on any atom is 0.307 e. The first-order valence-corrected chi connectivity index (χ1v) is 10.7. The second kappa shape index (κ2) is 13.7. The second-order valence-corrected chi connectivity index (χ2v) is 7.06. The number of hydrogen-bond donors (Lipinski definition) is 1. The molecule has 0 bridgehead atoms. The Morgan fingerprint density at radius 1 is 0.969 bits per heavy atom. The molecule has 0 radical (unpaired) electrons. The van der Waals surface area contributed by atoms with Crippen molar-refractivity contribution < 1.29 is 28.5 Å². The molecule has 1 N–H and O–H groups in total. The fourth-order valence-corrected chi connectivity index (χ4v) is 2.68. The minimum Gasteiger partial charge on any atom is -0.490 e. The summed E-state index contributed by atoms with van der Waals surface area (Å²) in [6, 6.07) is 15.0. The molecule has 2 aromatic rings. The lowest BCUT2D eigenvalue weighted by molar-refractivity contribution is -0.147. The summed E-state index contributed by atoms with van der Waals surface area (Å²) in [5.41, 5.74) is 0.788. The van der Waals surface area contributed by atoms with Crippen LogP contribution < -0.4 is 19.5 Å². The molecule has 0 atom stereocenters. The summed E-state index contributed by atoms with van der Waals surface area (Å²) in [5, 5.41) is 2.66. The number of ether oxygens (including phenoxy) is 4. The van der Waals surface area contributed by atoms with Gasteiger partial charge in [-0.25, -0.2) is 0 Å². The van der Waals surface area contributed by atoms with Gasteiger partial charge in [0, 0.05) is 12.6 Å². The highest BCUT2D eigenvalue weighted by atomic mass is 16.5. The Kier molecular flexibility index (Phi) is 10.6. The molecule has 0 unspecified atom stereocenters. The fourth-order valence-electron chi connectivity index (χ4n) is 2.68. The number of rotatable bonds is 13. The van der Waals surface area contributed by atoms with Crippen LogP contribution in [0.3, 0.4) is 0 Å². The van der Waals surface area contributed by atoms with Crippen LogP contribution in [-0.4, -0.2) is 44.3 Å². The van der Waals surface area contributed by atoms with Crippen LogP contribution in [0.5, 0.6) is 17.2 Å². The number of esters is 1. The number of benzene rings is 2. The van der Waals surface area contributed by atoms with E-state index in [9.17, 15) is 9.59 Å². The number of hydrogen-bond acceptors (Lipinski definition) is 6. The first kappa shape index (κ1) is 24.8. The molecule has 172 valence electrons. The molecule has 0 heterocycles. The zero-order valence-electron chi connectivity index (χ0n) is 18.8. The summed E-state index contributed by atoms with van der Waals surface area (Å²) in [6.07, 6.45) is 3.05. The van der Waals surface area contributed by atoms with Gasteiger partial charge in [-0.15, -0.1) is 0 Å².